The quantitative estimate of drug-likeness (QED) is 0.870. The molecule has 2 nitrogen and oxygen atoms in total. The largest absolute Gasteiger partial charge is 0.356 e. The number of benzene rings is 2. The highest BCUT2D eigenvalue weighted by Crippen LogP contribution is 2.22. The average Bonchev–Trinajstić information content (AvgIpc) is 2.45. The molecule has 1 amide bonds. The molecule has 0 bridgehead atoms. The van der Waals surface area contributed by atoms with Crippen molar-refractivity contribution in [2.75, 3.05) is 6.54 Å². The van der Waals surface area contributed by atoms with Crippen molar-refractivity contribution in [1.29, 1.82) is 0 Å². The van der Waals surface area contributed by atoms with Gasteiger partial charge in [0, 0.05) is 12.5 Å². The molecule has 0 radical (unpaired) electrons. The molecule has 1 unspecified atom stereocenters. The van der Waals surface area contributed by atoms with Crippen LogP contribution in [0.1, 0.15) is 25.8 Å². The number of fused-ring (bicyclic) bond motifs is 1. The van der Waals surface area contributed by atoms with Crippen molar-refractivity contribution in [2.24, 2.45) is 5.92 Å². The lowest BCUT2D eigenvalue weighted by Gasteiger charge is -2.15. The van der Waals surface area contributed by atoms with E-state index in [0.29, 0.717) is 6.54 Å². The fourth-order valence-electron chi connectivity index (χ4n) is 2.48. The molecule has 0 spiro atoms. The molecule has 0 aliphatic rings. The van der Waals surface area contributed by atoms with Gasteiger partial charge in [0.1, 0.15) is 0 Å². The summed E-state index contributed by atoms with van der Waals surface area (Å²) in [4.78, 5) is 12.0. The maximum Gasteiger partial charge on any atom is 0.223 e. The van der Waals surface area contributed by atoms with Gasteiger partial charge in [-0.1, -0.05) is 49.4 Å². The number of hydrogen-bond acceptors (Lipinski definition) is 1. The second-order valence-electron chi connectivity index (χ2n) is 4.84. The fraction of sp³-hybridized carbons (Fsp3) is 0.353. The Morgan fingerprint density at radius 2 is 1.84 bits per heavy atom. The van der Waals surface area contributed by atoms with Crippen LogP contribution in [0.4, 0.5) is 0 Å². The molecule has 2 aromatic carbocycles. The van der Waals surface area contributed by atoms with E-state index in [1.54, 1.807) is 0 Å². The highest BCUT2D eigenvalue weighted by molar-refractivity contribution is 5.86. The normalized spacial score (nSPS) is 12.3. The SMILES string of the molecule is CCNC(=O)C(CC)Cc1cccc2ccccc12. The Kier molecular flexibility index (Phi) is 4.56. The van der Waals surface area contributed by atoms with Crippen molar-refractivity contribution >= 4 is 16.7 Å². The van der Waals surface area contributed by atoms with Crippen molar-refractivity contribution in [1.82, 2.24) is 5.32 Å². The predicted molar refractivity (Wildman–Crippen MR) is 80.1 cm³/mol. The molecule has 100 valence electrons. The molecule has 0 aliphatic heterocycles. The lowest BCUT2D eigenvalue weighted by Crippen LogP contribution is -2.31. The van der Waals surface area contributed by atoms with Gasteiger partial charge in [0.2, 0.25) is 5.91 Å². The summed E-state index contributed by atoms with van der Waals surface area (Å²) in [5, 5.41) is 5.42. The second kappa shape index (κ2) is 6.37. The van der Waals surface area contributed by atoms with Crippen molar-refractivity contribution in [3.63, 3.8) is 0 Å². The van der Waals surface area contributed by atoms with Crippen LogP contribution in [0.15, 0.2) is 42.5 Å². The molecule has 19 heavy (non-hydrogen) atoms. The van der Waals surface area contributed by atoms with E-state index in [4.69, 9.17) is 0 Å². The maximum absolute atomic E-state index is 12.0. The zero-order chi connectivity index (χ0) is 13.7. The minimum Gasteiger partial charge on any atom is -0.356 e. The summed E-state index contributed by atoms with van der Waals surface area (Å²) >= 11 is 0. The second-order valence-corrected chi connectivity index (χ2v) is 4.84. The van der Waals surface area contributed by atoms with E-state index in [2.05, 4.69) is 48.6 Å². The van der Waals surface area contributed by atoms with Crippen LogP contribution in [0.2, 0.25) is 0 Å². The van der Waals surface area contributed by atoms with E-state index in [-0.39, 0.29) is 11.8 Å². The Balaban J connectivity index is 2.27. The molecule has 0 saturated heterocycles. The Labute approximate surface area is 114 Å². The average molecular weight is 255 g/mol. The third-order valence-electron chi connectivity index (χ3n) is 3.56. The molecule has 2 heteroatoms. The van der Waals surface area contributed by atoms with E-state index < -0.39 is 0 Å². The Morgan fingerprint density at radius 3 is 2.58 bits per heavy atom. The zero-order valence-corrected chi connectivity index (χ0v) is 11.6. The van der Waals surface area contributed by atoms with Gasteiger partial charge < -0.3 is 5.32 Å². The van der Waals surface area contributed by atoms with Crippen LogP contribution in [0.3, 0.4) is 0 Å². The first-order valence-corrected chi connectivity index (χ1v) is 7.00. The first kappa shape index (κ1) is 13.6. The highest BCUT2D eigenvalue weighted by atomic mass is 16.1. The summed E-state index contributed by atoms with van der Waals surface area (Å²) < 4.78 is 0. The standard InChI is InChI=1S/C17H21NO/c1-3-13(17(19)18-4-2)12-15-10-7-9-14-8-5-6-11-16(14)15/h5-11,13H,3-4,12H2,1-2H3,(H,18,19). The van der Waals surface area contributed by atoms with Gasteiger partial charge in [0.15, 0.2) is 0 Å². The van der Waals surface area contributed by atoms with E-state index in [9.17, 15) is 4.79 Å². The Hall–Kier alpha value is -1.83. The molecule has 0 aliphatic carbocycles. The molecular weight excluding hydrogens is 234 g/mol. The van der Waals surface area contributed by atoms with Gasteiger partial charge >= 0.3 is 0 Å². The Morgan fingerprint density at radius 1 is 1.11 bits per heavy atom. The summed E-state index contributed by atoms with van der Waals surface area (Å²) in [7, 11) is 0. The molecule has 0 heterocycles. The topological polar surface area (TPSA) is 29.1 Å². The van der Waals surface area contributed by atoms with E-state index >= 15 is 0 Å². The van der Waals surface area contributed by atoms with Gasteiger partial charge in [0.05, 0.1) is 0 Å². The first-order valence-electron chi connectivity index (χ1n) is 7.00. The minimum atomic E-state index is 0.0609. The van der Waals surface area contributed by atoms with Crippen molar-refractivity contribution in [3.8, 4) is 0 Å². The van der Waals surface area contributed by atoms with Gasteiger partial charge in [-0.25, -0.2) is 0 Å². The highest BCUT2D eigenvalue weighted by Gasteiger charge is 2.17. The molecule has 0 saturated carbocycles. The van der Waals surface area contributed by atoms with Crippen LogP contribution in [-0.2, 0) is 11.2 Å². The minimum absolute atomic E-state index is 0.0609. The molecular formula is C17H21NO. The van der Waals surface area contributed by atoms with Crippen LogP contribution in [0, 0.1) is 5.92 Å². The van der Waals surface area contributed by atoms with Crippen LogP contribution < -0.4 is 5.32 Å². The predicted octanol–water partition coefficient (Wildman–Crippen LogP) is 3.54. The Bertz CT molecular complexity index is 557. The molecule has 0 fully saturated rings. The van der Waals surface area contributed by atoms with E-state index in [0.717, 1.165) is 12.8 Å². The molecule has 0 aromatic heterocycles. The smallest absolute Gasteiger partial charge is 0.223 e. The van der Waals surface area contributed by atoms with Crippen LogP contribution in [0.5, 0.6) is 0 Å². The molecule has 2 aromatic rings. The monoisotopic (exact) mass is 255 g/mol. The third kappa shape index (κ3) is 3.14. The molecule has 1 N–H and O–H groups in total. The molecule has 1 atom stereocenters. The fourth-order valence-corrected chi connectivity index (χ4v) is 2.48. The van der Waals surface area contributed by atoms with Gasteiger partial charge in [-0.2, -0.15) is 0 Å². The zero-order valence-electron chi connectivity index (χ0n) is 11.6. The van der Waals surface area contributed by atoms with Crippen molar-refractivity contribution < 1.29 is 4.79 Å². The van der Waals surface area contributed by atoms with Crippen molar-refractivity contribution in [3.05, 3.63) is 48.0 Å². The number of hydrogen-bond donors (Lipinski definition) is 1. The number of nitrogens with one attached hydrogen (secondary N) is 1. The molecule has 2 rings (SSSR count). The summed E-state index contributed by atoms with van der Waals surface area (Å²) in [5.41, 5.74) is 1.26. The van der Waals surface area contributed by atoms with E-state index in [1.165, 1.54) is 16.3 Å². The summed E-state index contributed by atoms with van der Waals surface area (Å²) in [6.45, 7) is 4.73. The summed E-state index contributed by atoms with van der Waals surface area (Å²) in [5.74, 6) is 0.226. The van der Waals surface area contributed by atoms with Gasteiger partial charge in [-0.15, -0.1) is 0 Å². The maximum atomic E-state index is 12.0. The number of amides is 1. The van der Waals surface area contributed by atoms with Crippen LogP contribution in [0.25, 0.3) is 10.8 Å². The number of carbonyl (C=O) groups excluding carboxylic acids is 1. The summed E-state index contributed by atoms with van der Waals surface area (Å²) in [6.07, 6.45) is 1.68. The lowest BCUT2D eigenvalue weighted by molar-refractivity contribution is -0.124. The lowest BCUT2D eigenvalue weighted by atomic mass is 9.92. The first-order chi connectivity index (χ1) is 9.26. The van der Waals surface area contributed by atoms with Gasteiger partial charge in [0.25, 0.3) is 0 Å². The third-order valence-corrected chi connectivity index (χ3v) is 3.56. The number of carbonyl (C=O) groups is 1. The number of rotatable bonds is 5. The van der Waals surface area contributed by atoms with Crippen molar-refractivity contribution in [2.45, 2.75) is 26.7 Å². The van der Waals surface area contributed by atoms with Crippen LogP contribution in [-0.4, -0.2) is 12.5 Å². The van der Waals surface area contributed by atoms with Gasteiger partial charge in [-0.3, -0.25) is 4.79 Å². The van der Waals surface area contributed by atoms with Crippen LogP contribution >= 0.6 is 0 Å². The van der Waals surface area contributed by atoms with E-state index in [1.807, 2.05) is 13.0 Å². The summed E-state index contributed by atoms with van der Waals surface area (Å²) in [6, 6.07) is 14.7. The van der Waals surface area contributed by atoms with Gasteiger partial charge in [-0.05, 0) is 36.1 Å².